The summed E-state index contributed by atoms with van der Waals surface area (Å²) in [6, 6.07) is 9.06. The molecule has 1 N–H and O–H groups in total. The molecule has 0 fully saturated rings. The van der Waals surface area contributed by atoms with Crippen molar-refractivity contribution in [2.75, 3.05) is 13.1 Å². The molecule has 4 heteroatoms. The molecule has 3 nitrogen and oxygen atoms in total. The van der Waals surface area contributed by atoms with Gasteiger partial charge in [0.05, 0.1) is 0 Å². The van der Waals surface area contributed by atoms with E-state index in [1.54, 1.807) is 12.1 Å². The van der Waals surface area contributed by atoms with Crippen molar-refractivity contribution in [3.05, 3.63) is 35.9 Å². The van der Waals surface area contributed by atoms with E-state index in [9.17, 15) is 4.79 Å². The van der Waals surface area contributed by atoms with Crippen LogP contribution in [-0.2, 0) is 0 Å². The maximum absolute atomic E-state index is 11.8. The minimum atomic E-state index is -0.155. The summed E-state index contributed by atoms with van der Waals surface area (Å²) in [5, 5.41) is 3.20. The van der Waals surface area contributed by atoms with Gasteiger partial charge in [0.2, 0.25) is 0 Å². The zero-order chi connectivity index (χ0) is 12.0. The molecular formula is C12H16N2OS. The lowest BCUT2D eigenvalue weighted by atomic mass is 10.2. The summed E-state index contributed by atoms with van der Waals surface area (Å²) in [5.41, 5.74) is 0.622. The fourth-order valence-electron chi connectivity index (χ4n) is 1.35. The second-order valence-electron chi connectivity index (χ2n) is 3.30. The molecule has 0 aliphatic heterocycles. The van der Waals surface area contributed by atoms with Gasteiger partial charge >= 0.3 is 0 Å². The predicted molar refractivity (Wildman–Crippen MR) is 69.4 cm³/mol. The van der Waals surface area contributed by atoms with Crippen LogP contribution in [0.2, 0.25) is 0 Å². The third-order valence-electron chi connectivity index (χ3n) is 2.31. The topological polar surface area (TPSA) is 32.3 Å². The van der Waals surface area contributed by atoms with Crippen LogP contribution < -0.4 is 5.32 Å². The van der Waals surface area contributed by atoms with Gasteiger partial charge in [0.15, 0.2) is 5.11 Å². The molecule has 0 atom stereocenters. The molecule has 0 aromatic heterocycles. The summed E-state index contributed by atoms with van der Waals surface area (Å²) in [4.78, 5) is 13.7. The van der Waals surface area contributed by atoms with Gasteiger partial charge in [0.1, 0.15) is 0 Å². The number of nitrogens with one attached hydrogen (secondary N) is 1. The van der Waals surface area contributed by atoms with Crippen LogP contribution in [0.25, 0.3) is 0 Å². The Morgan fingerprint density at radius 3 is 2.31 bits per heavy atom. The molecule has 0 spiro atoms. The Kier molecular flexibility index (Phi) is 4.92. The Morgan fingerprint density at radius 2 is 1.81 bits per heavy atom. The lowest BCUT2D eigenvalue weighted by molar-refractivity contribution is 0.0973. The van der Waals surface area contributed by atoms with Gasteiger partial charge in [-0.3, -0.25) is 10.1 Å². The van der Waals surface area contributed by atoms with Crippen LogP contribution in [0.15, 0.2) is 30.3 Å². The molecule has 1 aromatic carbocycles. The van der Waals surface area contributed by atoms with Gasteiger partial charge in [-0.1, -0.05) is 18.2 Å². The van der Waals surface area contributed by atoms with Crippen LogP contribution in [0.5, 0.6) is 0 Å². The standard InChI is InChI=1S/C12H16N2OS/c1-3-14(4-2)12(16)13-11(15)10-8-6-5-7-9-10/h5-9H,3-4H2,1-2H3,(H,13,15,16). The number of amides is 1. The number of hydrogen-bond acceptors (Lipinski definition) is 2. The maximum atomic E-state index is 11.8. The molecule has 1 rings (SSSR count). The van der Waals surface area contributed by atoms with E-state index in [2.05, 4.69) is 5.32 Å². The summed E-state index contributed by atoms with van der Waals surface area (Å²) in [6.07, 6.45) is 0. The largest absolute Gasteiger partial charge is 0.350 e. The van der Waals surface area contributed by atoms with Gasteiger partial charge in [-0.25, -0.2) is 0 Å². The first-order valence-corrected chi connectivity index (χ1v) is 5.75. The van der Waals surface area contributed by atoms with Crippen molar-refractivity contribution in [1.82, 2.24) is 10.2 Å². The molecule has 0 aliphatic rings. The first-order valence-electron chi connectivity index (χ1n) is 5.34. The highest BCUT2D eigenvalue weighted by molar-refractivity contribution is 7.80. The molecular weight excluding hydrogens is 220 g/mol. The molecule has 1 aromatic rings. The fraction of sp³-hybridized carbons (Fsp3) is 0.333. The first kappa shape index (κ1) is 12.6. The summed E-state index contributed by atoms with van der Waals surface area (Å²) in [5.74, 6) is -0.155. The average Bonchev–Trinajstić information content (AvgIpc) is 2.31. The summed E-state index contributed by atoms with van der Waals surface area (Å²) < 4.78 is 0. The van der Waals surface area contributed by atoms with E-state index in [-0.39, 0.29) is 5.91 Å². The number of carbonyl (C=O) groups excluding carboxylic acids is 1. The van der Waals surface area contributed by atoms with Crippen LogP contribution in [0.4, 0.5) is 0 Å². The van der Waals surface area contributed by atoms with Gasteiger partial charge in [0, 0.05) is 18.7 Å². The van der Waals surface area contributed by atoms with E-state index in [4.69, 9.17) is 12.2 Å². The third-order valence-corrected chi connectivity index (χ3v) is 2.67. The van der Waals surface area contributed by atoms with Gasteiger partial charge in [-0.05, 0) is 38.2 Å². The molecule has 16 heavy (non-hydrogen) atoms. The highest BCUT2D eigenvalue weighted by atomic mass is 32.1. The zero-order valence-electron chi connectivity index (χ0n) is 9.56. The lowest BCUT2D eigenvalue weighted by Crippen LogP contribution is -2.42. The van der Waals surface area contributed by atoms with E-state index in [0.717, 1.165) is 13.1 Å². The van der Waals surface area contributed by atoms with Crippen molar-refractivity contribution in [1.29, 1.82) is 0 Å². The van der Waals surface area contributed by atoms with Gasteiger partial charge < -0.3 is 4.90 Å². The number of nitrogens with zero attached hydrogens (tertiary/aromatic N) is 1. The average molecular weight is 236 g/mol. The molecule has 0 saturated carbocycles. The minimum absolute atomic E-state index is 0.155. The zero-order valence-corrected chi connectivity index (χ0v) is 10.4. The summed E-state index contributed by atoms with van der Waals surface area (Å²) in [7, 11) is 0. The number of rotatable bonds is 3. The number of carbonyl (C=O) groups is 1. The number of hydrogen-bond donors (Lipinski definition) is 1. The van der Waals surface area contributed by atoms with Crippen molar-refractivity contribution in [2.45, 2.75) is 13.8 Å². The van der Waals surface area contributed by atoms with Crippen LogP contribution in [0.1, 0.15) is 24.2 Å². The highest BCUT2D eigenvalue weighted by Crippen LogP contribution is 1.99. The van der Waals surface area contributed by atoms with Crippen LogP contribution in [0, 0.1) is 0 Å². The Labute approximate surface area is 101 Å². The van der Waals surface area contributed by atoms with Gasteiger partial charge in [-0.2, -0.15) is 0 Å². The van der Waals surface area contributed by atoms with Crippen molar-refractivity contribution < 1.29 is 4.79 Å². The molecule has 0 radical (unpaired) electrons. The third kappa shape index (κ3) is 3.31. The normalized spacial score (nSPS) is 9.62. The molecule has 1 amide bonds. The number of thiocarbonyl (C=S) groups is 1. The van der Waals surface area contributed by atoms with Gasteiger partial charge in [0.25, 0.3) is 5.91 Å². The second-order valence-corrected chi connectivity index (χ2v) is 3.68. The Hall–Kier alpha value is -1.42. The molecule has 0 bridgehead atoms. The SMILES string of the molecule is CCN(CC)C(=S)NC(=O)c1ccccc1. The quantitative estimate of drug-likeness (QED) is 0.815. The Balaban J connectivity index is 2.62. The predicted octanol–water partition coefficient (Wildman–Crippen LogP) is 2.04. The van der Waals surface area contributed by atoms with E-state index in [0.29, 0.717) is 10.7 Å². The van der Waals surface area contributed by atoms with Crippen LogP contribution in [0.3, 0.4) is 0 Å². The van der Waals surface area contributed by atoms with Crippen LogP contribution in [-0.4, -0.2) is 29.0 Å². The van der Waals surface area contributed by atoms with E-state index >= 15 is 0 Å². The van der Waals surface area contributed by atoms with Crippen molar-refractivity contribution in [2.24, 2.45) is 0 Å². The Bertz CT molecular complexity index is 361. The van der Waals surface area contributed by atoms with E-state index < -0.39 is 0 Å². The van der Waals surface area contributed by atoms with Crippen molar-refractivity contribution in [3.8, 4) is 0 Å². The molecule has 0 aliphatic carbocycles. The second kappa shape index (κ2) is 6.23. The van der Waals surface area contributed by atoms with Crippen LogP contribution >= 0.6 is 12.2 Å². The maximum Gasteiger partial charge on any atom is 0.257 e. The van der Waals surface area contributed by atoms with E-state index in [1.807, 2.05) is 36.9 Å². The van der Waals surface area contributed by atoms with Crippen molar-refractivity contribution in [3.63, 3.8) is 0 Å². The monoisotopic (exact) mass is 236 g/mol. The minimum Gasteiger partial charge on any atom is -0.350 e. The summed E-state index contributed by atoms with van der Waals surface area (Å²) in [6.45, 7) is 5.60. The molecule has 0 unspecified atom stereocenters. The first-order chi connectivity index (χ1) is 7.69. The highest BCUT2D eigenvalue weighted by Gasteiger charge is 2.10. The molecule has 86 valence electrons. The fourth-order valence-corrected chi connectivity index (χ4v) is 1.70. The molecule has 0 heterocycles. The Morgan fingerprint density at radius 1 is 1.25 bits per heavy atom. The smallest absolute Gasteiger partial charge is 0.257 e. The summed E-state index contributed by atoms with van der Waals surface area (Å²) >= 11 is 5.14. The van der Waals surface area contributed by atoms with Gasteiger partial charge in [-0.15, -0.1) is 0 Å². The van der Waals surface area contributed by atoms with E-state index in [1.165, 1.54) is 0 Å². The molecule has 0 saturated heterocycles. The van der Waals surface area contributed by atoms with Crippen molar-refractivity contribution >= 4 is 23.2 Å². The lowest BCUT2D eigenvalue weighted by Gasteiger charge is -2.21. The number of benzene rings is 1.